The van der Waals surface area contributed by atoms with E-state index in [9.17, 15) is 0 Å². The molecule has 0 saturated heterocycles. The Hall–Kier alpha value is -1.42. The van der Waals surface area contributed by atoms with E-state index in [0.717, 1.165) is 5.56 Å². The minimum Gasteiger partial charge on any atom is -0.321 e. The molecule has 0 saturated carbocycles. The fraction of sp³-hybridized carbons (Fsp3) is 0. The number of nitrogens with zero attached hydrogens (tertiary/aromatic N) is 3. The number of halogens is 1. The van der Waals surface area contributed by atoms with Crippen molar-refractivity contribution in [3.05, 3.63) is 29.9 Å². The molecule has 0 fully saturated rings. The number of pyridine rings is 1. The third-order valence-corrected chi connectivity index (χ3v) is 1.49. The second-order valence-corrected chi connectivity index (χ2v) is 2.43. The molecule has 0 spiro atoms. The van der Waals surface area contributed by atoms with E-state index in [1.54, 1.807) is 24.5 Å². The van der Waals surface area contributed by atoms with Crippen molar-refractivity contribution in [2.75, 3.05) is 0 Å². The maximum Gasteiger partial charge on any atom is 0.320 e. The first-order chi connectivity index (χ1) is 5.86. The zero-order chi connectivity index (χ0) is 8.39. The molecular formula is C7H4ClN3O. The number of rotatable bonds is 1. The van der Waals surface area contributed by atoms with E-state index in [-0.39, 0.29) is 5.35 Å². The topological polar surface area (TPSA) is 51.8 Å². The van der Waals surface area contributed by atoms with E-state index >= 15 is 0 Å². The zero-order valence-corrected chi connectivity index (χ0v) is 6.69. The largest absolute Gasteiger partial charge is 0.321 e. The monoisotopic (exact) mass is 181 g/mol. The highest BCUT2D eigenvalue weighted by Crippen LogP contribution is 2.15. The lowest BCUT2D eigenvalue weighted by atomic mass is 10.3. The van der Waals surface area contributed by atoms with Gasteiger partial charge in [0.05, 0.1) is 0 Å². The van der Waals surface area contributed by atoms with Crippen LogP contribution in [0.5, 0.6) is 0 Å². The number of aromatic nitrogens is 3. The molecule has 0 aliphatic rings. The van der Waals surface area contributed by atoms with Crippen LogP contribution in [0.2, 0.25) is 5.35 Å². The van der Waals surface area contributed by atoms with Crippen LogP contribution < -0.4 is 0 Å². The van der Waals surface area contributed by atoms with Gasteiger partial charge < -0.3 is 4.52 Å². The van der Waals surface area contributed by atoms with E-state index in [4.69, 9.17) is 11.6 Å². The Bertz CT molecular complexity index is 373. The third-order valence-electron chi connectivity index (χ3n) is 1.34. The molecule has 2 rings (SSSR count). The number of hydrogen-bond donors (Lipinski definition) is 0. The van der Waals surface area contributed by atoms with E-state index < -0.39 is 0 Å². The van der Waals surface area contributed by atoms with Gasteiger partial charge in [-0.3, -0.25) is 4.98 Å². The Kier molecular flexibility index (Phi) is 1.75. The average Bonchev–Trinajstić information content (AvgIpc) is 2.54. The van der Waals surface area contributed by atoms with Crippen LogP contribution in [0.15, 0.2) is 29.0 Å². The van der Waals surface area contributed by atoms with Gasteiger partial charge >= 0.3 is 5.35 Å². The van der Waals surface area contributed by atoms with E-state index in [1.807, 2.05) is 0 Å². The summed E-state index contributed by atoms with van der Waals surface area (Å²) in [5.41, 5.74) is 0.834. The summed E-state index contributed by atoms with van der Waals surface area (Å²) in [5.74, 6) is 0.474. The molecule has 2 heterocycles. The summed E-state index contributed by atoms with van der Waals surface area (Å²) in [6.07, 6.45) is 3.30. The van der Waals surface area contributed by atoms with Gasteiger partial charge in [0.25, 0.3) is 0 Å². The second-order valence-electron chi connectivity index (χ2n) is 2.11. The smallest absolute Gasteiger partial charge is 0.320 e. The molecular weight excluding hydrogens is 178 g/mol. The first-order valence-electron chi connectivity index (χ1n) is 3.26. The predicted molar refractivity (Wildman–Crippen MR) is 42.5 cm³/mol. The van der Waals surface area contributed by atoms with E-state index in [1.165, 1.54) is 0 Å². The molecule has 2 aromatic rings. The van der Waals surface area contributed by atoms with Crippen molar-refractivity contribution in [3.63, 3.8) is 0 Å². The van der Waals surface area contributed by atoms with Crippen LogP contribution in [0, 0.1) is 0 Å². The van der Waals surface area contributed by atoms with Crippen LogP contribution in [0.4, 0.5) is 0 Å². The second kappa shape index (κ2) is 2.91. The van der Waals surface area contributed by atoms with Crippen LogP contribution in [0.1, 0.15) is 0 Å². The molecule has 0 aliphatic heterocycles. The Morgan fingerprint density at radius 2 is 2.00 bits per heavy atom. The summed E-state index contributed by atoms with van der Waals surface area (Å²) in [6.45, 7) is 0. The molecule has 12 heavy (non-hydrogen) atoms. The lowest BCUT2D eigenvalue weighted by molar-refractivity contribution is 0.421. The van der Waals surface area contributed by atoms with Gasteiger partial charge in [-0.1, -0.05) is 5.16 Å². The molecule has 5 heteroatoms. The van der Waals surface area contributed by atoms with Gasteiger partial charge in [0, 0.05) is 18.0 Å². The highest BCUT2D eigenvalue weighted by Gasteiger charge is 2.04. The summed E-state index contributed by atoms with van der Waals surface area (Å²) in [4.78, 5) is 7.70. The molecule has 0 atom stereocenters. The van der Waals surface area contributed by atoms with E-state index in [2.05, 4.69) is 19.6 Å². The fourth-order valence-electron chi connectivity index (χ4n) is 0.823. The van der Waals surface area contributed by atoms with Gasteiger partial charge in [-0.2, -0.15) is 4.98 Å². The Labute approximate surface area is 73.2 Å². The number of hydrogen-bond acceptors (Lipinski definition) is 4. The Balaban J connectivity index is 2.45. The molecule has 0 N–H and O–H groups in total. The SMILES string of the molecule is Clc1nc(-c2ccncc2)no1. The predicted octanol–water partition coefficient (Wildman–Crippen LogP) is 1.78. The molecule has 4 nitrogen and oxygen atoms in total. The van der Waals surface area contributed by atoms with Gasteiger partial charge in [0.15, 0.2) is 0 Å². The average molecular weight is 182 g/mol. The molecule has 0 aliphatic carbocycles. The van der Waals surface area contributed by atoms with Gasteiger partial charge in [0.2, 0.25) is 5.82 Å². The summed E-state index contributed by atoms with van der Waals surface area (Å²) >= 11 is 5.45. The standard InChI is InChI=1S/C7H4ClN3O/c8-7-10-6(11-12-7)5-1-3-9-4-2-5/h1-4H. The molecule has 0 amide bonds. The van der Waals surface area contributed by atoms with Crippen LogP contribution >= 0.6 is 11.6 Å². The Morgan fingerprint density at radius 3 is 2.58 bits per heavy atom. The van der Waals surface area contributed by atoms with Crippen LogP contribution in [0.3, 0.4) is 0 Å². The quantitative estimate of drug-likeness (QED) is 0.673. The minimum atomic E-state index is 0.0433. The van der Waals surface area contributed by atoms with Crippen molar-refractivity contribution in [1.29, 1.82) is 0 Å². The molecule has 0 radical (unpaired) electrons. The molecule has 0 bridgehead atoms. The van der Waals surface area contributed by atoms with Crippen molar-refractivity contribution in [2.45, 2.75) is 0 Å². The lowest BCUT2D eigenvalue weighted by Gasteiger charge is -1.88. The first-order valence-corrected chi connectivity index (χ1v) is 3.63. The zero-order valence-electron chi connectivity index (χ0n) is 5.94. The lowest BCUT2D eigenvalue weighted by Crippen LogP contribution is -1.79. The summed E-state index contributed by atoms with van der Waals surface area (Å²) in [6, 6.07) is 3.56. The Morgan fingerprint density at radius 1 is 1.25 bits per heavy atom. The van der Waals surface area contributed by atoms with Crippen molar-refractivity contribution in [2.24, 2.45) is 0 Å². The van der Waals surface area contributed by atoms with Gasteiger partial charge in [0.1, 0.15) is 0 Å². The summed E-state index contributed by atoms with van der Waals surface area (Å²) in [7, 11) is 0. The van der Waals surface area contributed by atoms with Crippen molar-refractivity contribution < 1.29 is 4.52 Å². The van der Waals surface area contributed by atoms with Crippen LogP contribution in [-0.2, 0) is 0 Å². The van der Waals surface area contributed by atoms with Crippen molar-refractivity contribution in [3.8, 4) is 11.4 Å². The minimum absolute atomic E-state index is 0.0433. The molecule has 0 aromatic carbocycles. The van der Waals surface area contributed by atoms with Crippen molar-refractivity contribution >= 4 is 11.6 Å². The third kappa shape index (κ3) is 1.29. The normalized spacial score (nSPS) is 10.1. The van der Waals surface area contributed by atoms with Gasteiger partial charge in [-0.15, -0.1) is 0 Å². The van der Waals surface area contributed by atoms with Gasteiger partial charge in [-0.05, 0) is 23.7 Å². The van der Waals surface area contributed by atoms with Crippen molar-refractivity contribution in [1.82, 2.24) is 15.1 Å². The van der Waals surface area contributed by atoms with Gasteiger partial charge in [-0.25, -0.2) is 0 Å². The first kappa shape index (κ1) is 7.24. The maximum atomic E-state index is 5.45. The highest BCUT2D eigenvalue weighted by atomic mass is 35.5. The summed E-state index contributed by atoms with van der Waals surface area (Å²) in [5, 5.41) is 3.68. The molecule has 60 valence electrons. The van der Waals surface area contributed by atoms with Crippen LogP contribution in [-0.4, -0.2) is 15.1 Å². The fourth-order valence-corrected chi connectivity index (χ4v) is 0.938. The summed E-state index contributed by atoms with van der Waals surface area (Å²) < 4.78 is 4.60. The van der Waals surface area contributed by atoms with Crippen LogP contribution in [0.25, 0.3) is 11.4 Å². The van der Waals surface area contributed by atoms with E-state index in [0.29, 0.717) is 5.82 Å². The maximum absolute atomic E-state index is 5.45. The molecule has 2 aromatic heterocycles. The highest BCUT2D eigenvalue weighted by molar-refractivity contribution is 6.27. The molecule has 0 unspecified atom stereocenters.